The first kappa shape index (κ1) is 15.8. The lowest BCUT2D eigenvalue weighted by Crippen LogP contribution is -2.37. The SMILES string of the molecule is CN(C(=O)c1ccc(Cn2ccnc2)o1)C1CCCCCCC1. The molecule has 5 nitrogen and oxygen atoms in total. The molecule has 0 aromatic carbocycles. The number of hydrogen-bond acceptors (Lipinski definition) is 3. The molecule has 1 aliphatic rings. The minimum Gasteiger partial charge on any atom is -0.454 e. The molecule has 1 fully saturated rings. The van der Waals surface area contributed by atoms with E-state index >= 15 is 0 Å². The van der Waals surface area contributed by atoms with E-state index < -0.39 is 0 Å². The van der Waals surface area contributed by atoms with E-state index in [1.807, 2.05) is 28.8 Å². The molecule has 23 heavy (non-hydrogen) atoms. The largest absolute Gasteiger partial charge is 0.454 e. The van der Waals surface area contributed by atoms with Crippen LogP contribution in [0.15, 0.2) is 35.3 Å². The van der Waals surface area contributed by atoms with Gasteiger partial charge in [0.25, 0.3) is 5.91 Å². The van der Waals surface area contributed by atoms with Gasteiger partial charge < -0.3 is 13.9 Å². The van der Waals surface area contributed by atoms with Crippen LogP contribution >= 0.6 is 0 Å². The minimum absolute atomic E-state index is 0.00699. The third kappa shape index (κ3) is 4.03. The summed E-state index contributed by atoms with van der Waals surface area (Å²) in [6.07, 6.45) is 13.9. The molecule has 1 amide bonds. The molecule has 3 rings (SSSR count). The van der Waals surface area contributed by atoms with Gasteiger partial charge in [-0.15, -0.1) is 0 Å². The number of rotatable bonds is 4. The van der Waals surface area contributed by atoms with Crippen molar-refractivity contribution in [3.63, 3.8) is 0 Å². The molecule has 5 heteroatoms. The highest BCUT2D eigenvalue weighted by Crippen LogP contribution is 2.22. The van der Waals surface area contributed by atoms with Crippen LogP contribution < -0.4 is 0 Å². The number of carbonyl (C=O) groups excluding carboxylic acids is 1. The molecule has 2 aromatic rings. The predicted octanol–water partition coefficient (Wildman–Crippen LogP) is 3.71. The van der Waals surface area contributed by atoms with Gasteiger partial charge in [0.05, 0.1) is 12.9 Å². The maximum atomic E-state index is 12.7. The van der Waals surface area contributed by atoms with Crippen molar-refractivity contribution in [1.29, 1.82) is 0 Å². The number of nitrogens with zero attached hydrogens (tertiary/aromatic N) is 3. The summed E-state index contributed by atoms with van der Waals surface area (Å²) in [5, 5.41) is 0. The molecule has 0 radical (unpaired) electrons. The zero-order valence-electron chi connectivity index (χ0n) is 13.8. The van der Waals surface area contributed by atoms with Crippen LogP contribution in [-0.4, -0.2) is 33.4 Å². The molecule has 0 N–H and O–H groups in total. The van der Waals surface area contributed by atoms with Gasteiger partial charge >= 0.3 is 0 Å². The van der Waals surface area contributed by atoms with Gasteiger partial charge in [0.1, 0.15) is 5.76 Å². The summed E-state index contributed by atoms with van der Waals surface area (Å²) in [5.41, 5.74) is 0. The molecule has 0 unspecified atom stereocenters. The van der Waals surface area contributed by atoms with Gasteiger partial charge in [-0.1, -0.05) is 32.1 Å². The highest BCUT2D eigenvalue weighted by Gasteiger charge is 2.23. The Morgan fingerprint density at radius 3 is 2.70 bits per heavy atom. The van der Waals surface area contributed by atoms with E-state index in [0.29, 0.717) is 18.3 Å². The number of hydrogen-bond donors (Lipinski definition) is 0. The molecule has 0 spiro atoms. The molecule has 124 valence electrons. The molecular formula is C18H25N3O2. The fourth-order valence-electron chi connectivity index (χ4n) is 3.30. The molecule has 0 aliphatic heterocycles. The first-order valence-electron chi connectivity index (χ1n) is 8.55. The number of aromatic nitrogens is 2. The number of amides is 1. The predicted molar refractivity (Wildman–Crippen MR) is 88.2 cm³/mol. The molecule has 0 saturated heterocycles. The van der Waals surface area contributed by atoms with Crippen molar-refractivity contribution in [2.24, 2.45) is 0 Å². The molecule has 1 saturated carbocycles. The fourth-order valence-corrected chi connectivity index (χ4v) is 3.30. The summed E-state index contributed by atoms with van der Waals surface area (Å²) in [5.74, 6) is 1.20. The molecule has 0 atom stereocenters. The van der Waals surface area contributed by atoms with E-state index in [0.717, 1.165) is 18.6 Å². The Morgan fingerprint density at radius 2 is 2.00 bits per heavy atom. The van der Waals surface area contributed by atoms with E-state index in [4.69, 9.17) is 4.42 Å². The highest BCUT2D eigenvalue weighted by atomic mass is 16.4. The van der Waals surface area contributed by atoms with Crippen LogP contribution in [0, 0.1) is 0 Å². The molecule has 1 aliphatic carbocycles. The lowest BCUT2D eigenvalue weighted by molar-refractivity contribution is 0.0672. The van der Waals surface area contributed by atoms with E-state index in [9.17, 15) is 4.79 Å². The Bertz CT molecular complexity index is 610. The Kier molecular flexibility index (Phi) is 5.16. The summed E-state index contributed by atoms with van der Waals surface area (Å²) in [7, 11) is 1.91. The average molecular weight is 315 g/mol. The van der Waals surface area contributed by atoms with Crippen LogP contribution in [0.2, 0.25) is 0 Å². The fraction of sp³-hybridized carbons (Fsp3) is 0.556. The van der Waals surface area contributed by atoms with Gasteiger partial charge in [0.15, 0.2) is 5.76 Å². The van der Waals surface area contributed by atoms with Crippen molar-refractivity contribution in [3.8, 4) is 0 Å². The Morgan fingerprint density at radius 1 is 1.26 bits per heavy atom. The van der Waals surface area contributed by atoms with Crippen LogP contribution in [0.4, 0.5) is 0 Å². The smallest absolute Gasteiger partial charge is 0.289 e. The summed E-state index contributed by atoms with van der Waals surface area (Å²) in [6, 6.07) is 4.00. The molecule has 0 bridgehead atoms. The Balaban J connectivity index is 1.63. The number of carbonyl (C=O) groups is 1. The Hall–Kier alpha value is -2.04. The van der Waals surface area contributed by atoms with Crippen molar-refractivity contribution < 1.29 is 9.21 Å². The van der Waals surface area contributed by atoms with Crippen molar-refractivity contribution in [3.05, 3.63) is 42.4 Å². The lowest BCUT2D eigenvalue weighted by Gasteiger charge is -2.29. The van der Waals surface area contributed by atoms with Gasteiger partial charge in [-0.05, 0) is 25.0 Å². The zero-order chi connectivity index (χ0) is 16.1. The zero-order valence-corrected chi connectivity index (χ0v) is 13.8. The van der Waals surface area contributed by atoms with E-state index in [1.165, 1.54) is 32.1 Å². The van der Waals surface area contributed by atoms with Crippen LogP contribution in [0.3, 0.4) is 0 Å². The molecule has 2 aromatic heterocycles. The van der Waals surface area contributed by atoms with Crippen LogP contribution in [0.5, 0.6) is 0 Å². The van der Waals surface area contributed by atoms with Crippen LogP contribution in [0.1, 0.15) is 61.3 Å². The third-order valence-electron chi connectivity index (χ3n) is 4.71. The minimum atomic E-state index is -0.00699. The maximum absolute atomic E-state index is 12.7. The summed E-state index contributed by atoms with van der Waals surface area (Å²) < 4.78 is 7.67. The standard InChI is InChI=1S/C18H25N3O2/c1-20(15-7-5-3-2-4-6-8-15)18(22)17-10-9-16(23-17)13-21-12-11-19-14-21/h9-12,14-15H,2-8,13H2,1H3. The third-order valence-corrected chi connectivity index (χ3v) is 4.71. The monoisotopic (exact) mass is 315 g/mol. The molecular weight excluding hydrogens is 290 g/mol. The quantitative estimate of drug-likeness (QED) is 0.864. The number of furan rings is 1. The van der Waals surface area contributed by atoms with Crippen molar-refractivity contribution in [2.45, 2.75) is 57.5 Å². The van der Waals surface area contributed by atoms with Crippen molar-refractivity contribution in [2.75, 3.05) is 7.05 Å². The summed E-state index contributed by atoms with van der Waals surface area (Å²) in [4.78, 5) is 18.6. The van der Waals surface area contributed by atoms with E-state index in [-0.39, 0.29) is 5.91 Å². The topological polar surface area (TPSA) is 51.3 Å². The van der Waals surface area contributed by atoms with Crippen molar-refractivity contribution >= 4 is 5.91 Å². The van der Waals surface area contributed by atoms with Crippen LogP contribution in [0.25, 0.3) is 0 Å². The first-order valence-corrected chi connectivity index (χ1v) is 8.55. The first-order chi connectivity index (χ1) is 11.2. The molecule has 2 heterocycles. The van der Waals surface area contributed by atoms with Crippen LogP contribution in [-0.2, 0) is 6.54 Å². The lowest BCUT2D eigenvalue weighted by atomic mass is 9.96. The van der Waals surface area contributed by atoms with E-state index in [2.05, 4.69) is 4.98 Å². The maximum Gasteiger partial charge on any atom is 0.289 e. The normalized spacial score (nSPS) is 16.7. The van der Waals surface area contributed by atoms with Gasteiger partial charge in [0.2, 0.25) is 0 Å². The second-order valence-corrected chi connectivity index (χ2v) is 6.42. The second-order valence-electron chi connectivity index (χ2n) is 6.42. The Labute approximate surface area is 137 Å². The summed E-state index contributed by atoms with van der Waals surface area (Å²) in [6.45, 7) is 0.598. The second kappa shape index (κ2) is 7.49. The average Bonchev–Trinajstić information content (AvgIpc) is 3.18. The van der Waals surface area contributed by atoms with Gasteiger partial charge in [-0.2, -0.15) is 0 Å². The number of imidazole rings is 1. The van der Waals surface area contributed by atoms with Gasteiger partial charge in [-0.3, -0.25) is 4.79 Å². The van der Waals surface area contributed by atoms with Crippen molar-refractivity contribution in [1.82, 2.24) is 14.5 Å². The van der Waals surface area contributed by atoms with Gasteiger partial charge in [-0.25, -0.2) is 4.98 Å². The summed E-state index contributed by atoms with van der Waals surface area (Å²) >= 11 is 0. The van der Waals surface area contributed by atoms with E-state index in [1.54, 1.807) is 18.6 Å². The van der Waals surface area contributed by atoms with Gasteiger partial charge in [0, 0.05) is 25.5 Å². The highest BCUT2D eigenvalue weighted by molar-refractivity contribution is 5.91.